The Morgan fingerprint density at radius 3 is 2.79 bits per heavy atom. The fourth-order valence-electron chi connectivity index (χ4n) is 4.22. The molecule has 2 heterocycles. The number of alkyl halides is 1. The van der Waals surface area contributed by atoms with E-state index in [9.17, 15) is 9.18 Å². The predicted molar refractivity (Wildman–Crippen MR) is 111 cm³/mol. The highest BCUT2D eigenvalue weighted by Crippen LogP contribution is 2.40. The second-order valence-electron chi connectivity index (χ2n) is 8.39. The van der Waals surface area contributed by atoms with Crippen LogP contribution in [0.2, 0.25) is 0 Å². The second-order valence-corrected chi connectivity index (χ2v) is 8.39. The zero-order valence-corrected chi connectivity index (χ0v) is 16.8. The van der Waals surface area contributed by atoms with Gasteiger partial charge in [0.25, 0.3) is 0 Å². The molecule has 0 saturated heterocycles. The van der Waals surface area contributed by atoms with Gasteiger partial charge in [-0.2, -0.15) is 0 Å². The first kappa shape index (κ1) is 20.3. The Morgan fingerprint density at radius 1 is 1.39 bits per heavy atom. The summed E-state index contributed by atoms with van der Waals surface area (Å²) in [6, 6.07) is 8.53. The number of aromatic nitrogens is 1. The number of benzene rings is 1. The summed E-state index contributed by atoms with van der Waals surface area (Å²) in [6.07, 6.45) is 4.95. The number of carboxylic acids is 1. The number of fused-ring (bicyclic) bond motifs is 3. The molecule has 0 bridgehead atoms. The van der Waals surface area contributed by atoms with Gasteiger partial charge in [-0.1, -0.05) is 36.4 Å². The van der Waals surface area contributed by atoms with Crippen LogP contribution in [0.25, 0.3) is 10.9 Å². The molecule has 1 aliphatic heterocycles. The van der Waals surface area contributed by atoms with Crippen molar-refractivity contribution >= 4 is 16.9 Å². The summed E-state index contributed by atoms with van der Waals surface area (Å²) in [5, 5.41) is 10.0. The third-order valence-corrected chi connectivity index (χ3v) is 5.40. The summed E-state index contributed by atoms with van der Waals surface area (Å²) in [6.45, 7) is 9.72. The van der Waals surface area contributed by atoms with Crippen molar-refractivity contribution in [3.63, 3.8) is 0 Å². The highest BCUT2D eigenvalue weighted by atomic mass is 19.1. The average molecular weight is 384 g/mol. The third kappa shape index (κ3) is 4.53. The standard InChI is InChI=1S/C23H29FN2O2/c1-15(10-12-21(27)28)9-11-20-22-18(17-7-5-6-8-19(17)25-22)13-16(2)26(20)14-23(3,4)24/h5-8,10,12,16,20,25H,1,9,11,13-14H2,2-4H3,(H,27,28)/b12-10+/t16-,20-/m1/s1. The Hall–Kier alpha value is -2.40. The van der Waals surface area contributed by atoms with E-state index < -0.39 is 11.6 Å². The molecule has 3 rings (SSSR count). The first-order chi connectivity index (χ1) is 13.2. The summed E-state index contributed by atoms with van der Waals surface area (Å²) in [5.74, 6) is -0.980. The van der Waals surface area contributed by atoms with Crippen molar-refractivity contribution in [2.24, 2.45) is 0 Å². The van der Waals surface area contributed by atoms with Crippen molar-refractivity contribution in [2.75, 3.05) is 6.54 Å². The summed E-state index contributed by atoms with van der Waals surface area (Å²) in [4.78, 5) is 16.6. The van der Waals surface area contributed by atoms with Gasteiger partial charge in [-0.3, -0.25) is 4.90 Å². The molecule has 2 N–H and O–H groups in total. The van der Waals surface area contributed by atoms with Crippen LogP contribution in [0, 0.1) is 0 Å². The van der Waals surface area contributed by atoms with Gasteiger partial charge in [0.15, 0.2) is 0 Å². The van der Waals surface area contributed by atoms with E-state index in [1.807, 2.05) is 12.1 Å². The first-order valence-corrected chi connectivity index (χ1v) is 9.78. The number of nitrogens with one attached hydrogen (secondary N) is 1. The van der Waals surface area contributed by atoms with Crippen molar-refractivity contribution in [1.29, 1.82) is 0 Å². The van der Waals surface area contributed by atoms with Crippen molar-refractivity contribution in [3.8, 4) is 0 Å². The lowest BCUT2D eigenvalue weighted by atomic mass is 9.88. The molecule has 0 saturated carbocycles. The summed E-state index contributed by atoms with van der Waals surface area (Å²) in [5.41, 5.74) is 3.04. The monoisotopic (exact) mass is 384 g/mol. The molecular weight excluding hydrogens is 355 g/mol. The van der Waals surface area contributed by atoms with Crippen LogP contribution in [0.5, 0.6) is 0 Å². The molecule has 2 atom stereocenters. The number of carboxylic acid groups (broad SMARTS) is 1. The van der Waals surface area contributed by atoms with E-state index in [0.717, 1.165) is 35.7 Å². The minimum Gasteiger partial charge on any atom is -0.478 e. The minimum absolute atomic E-state index is 0.0381. The van der Waals surface area contributed by atoms with E-state index >= 15 is 0 Å². The number of halogens is 1. The smallest absolute Gasteiger partial charge is 0.328 e. The van der Waals surface area contributed by atoms with Gasteiger partial charge in [0.1, 0.15) is 5.67 Å². The fourth-order valence-corrected chi connectivity index (χ4v) is 4.22. The Balaban J connectivity index is 1.93. The lowest BCUT2D eigenvalue weighted by Gasteiger charge is -2.43. The summed E-state index contributed by atoms with van der Waals surface area (Å²) in [7, 11) is 0. The maximum absolute atomic E-state index is 14.6. The third-order valence-electron chi connectivity index (χ3n) is 5.40. The zero-order chi connectivity index (χ0) is 20.5. The Kier molecular flexibility index (Phi) is 5.75. The van der Waals surface area contributed by atoms with Crippen molar-refractivity contribution in [3.05, 3.63) is 59.8 Å². The van der Waals surface area contributed by atoms with Gasteiger partial charge in [0.2, 0.25) is 0 Å². The molecular formula is C23H29FN2O2. The van der Waals surface area contributed by atoms with Crippen LogP contribution in [-0.2, 0) is 11.2 Å². The molecule has 28 heavy (non-hydrogen) atoms. The molecule has 0 fully saturated rings. The number of carbonyl (C=O) groups is 1. The molecule has 5 heteroatoms. The molecule has 0 radical (unpaired) electrons. The van der Waals surface area contributed by atoms with Gasteiger partial charge in [0, 0.05) is 35.3 Å². The Labute approximate surface area is 165 Å². The Morgan fingerprint density at radius 2 is 2.11 bits per heavy atom. The number of H-pyrrole nitrogens is 1. The predicted octanol–water partition coefficient (Wildman–Crippen LogP) is 5.18. The SMILES string of the molecule is C=C(/C=C/C(=O)O)CC[C@@H]1c2[nH]c3ccccc3c2C[C@@H](C)N1CC(C)(C)F. The number of aliphatic carboxylic acids is 1. The normalized spacial score (nSPS) is 20.6. The van der Waals surface area contributed by atoms with Crippen LogP contribution in [0.1, 0.15) is 50.9 Å². The number of rotatable bonds is 7. The molecule has 150 valence electrons. The van der Waals surface area contributed by atoms with E-state index in [2.05, 4.69) is 35.5 Å². The molecule has 0 amide bonds. The highest BCUT2D eigenvalue weighted by molar-refractivity contribution is 5.85. The maximum atomic E-state index is 14.6. The summed E-state index contributed by atoms with van der Waals surface area (Å²) >= 11 is 0. The molecule has 0 unspecified atom stereocenters. The Bertz CT molecular complexity index is 907. The molecule has 0 spiro atoms. The number of hydrogen-bond donors (Lipinski definition) is 2. The van der Waals surface area contributed by atoms with Crippen LogP contribution >= 0.6 is 0 Å². The lowest BCUT2D eigenvalue weighted by molar-refractivity contribution is -0.131. The van der Waals surface area contributed by atoms with Crippen LogP contribution in [0.15, 0.2) is 48.6 Å². The highest BCUT2D eigenvalue weighted by Gasteiger charge is 2.37. The number of allylic oxidation sites excluding steroid dienone is 2. The van der Waals surface area contributed by atoms with E-state index in [1.54, 1.807) is 19.9 Å². The molecule has 2 aromatic rings. The quantitative estimate of drug-likeness (QED) is 0.511. The maximum Gasteiger partial charge on any atom is 0.328 e. The van der Waals surface area contributed by atoms with Gasteiger partial charge in [-0.15, -0.1) is 0 Å². The minimum atomic E-state index is -1.30. The van der Waals surface area contributed by atoms with Crippen molar-refractivity contribution < 1.29 is 14.3 Å². The first-order valence-electron chi connectivity index (χ1n) is 9.78. The van der Waals surface area contributed by atoms with E-state index in [0.29, 0.717) is 13.0 Å². The topological polar surface area (TPSA) is 56.3 Å². The molecule has 4 nitrogen and oxygen atoms in total. The largest absolute Gasteiger partial charge is 0.478 e. The van der Waals surface area contributed by atoms with E-state index in [4.69, 9.17) is 5.11 Å². The fraction of sp³-hybridized carbons (Fsp3) is 0.435. The van der Waals surface area contributed by atoms with Crippen molar-refractivity contribution in [1.82, 2.24) is 9.88 Å². The molecule has 0 aliphatic carbocycles. The summed E-state index contributed by atoms with van der Waals surface area (Å²) < 4.78 is 14.6. The van der Waals surface area contributed by atoms with Crippen LogP contribution in [0.4, 0.5) is 4.39 Å². The van der Waals surface area contributed by atoms with E-state index in [1.165, 1.54) is 10.9 Å². The van der Waals surface area contributed by atoms with Gasteiger partial charge < -0.3 is 10.1 Å². The van der Waals surface area contributed by atoms with Crippen LogP contribution in [-0.4, -0.2) is 39.2 Å². The second kappa shape index (κ2) is 7.92. The average Bonchev–Trinajstić information content (AvgIpc) is 2.97. The molecule has 1 aliphatic rings. The van der Waals surface area contributed by atoms with E-state index in [-0.39, 0.29) is 12.1 Å². The molecule has 1 aromatic heterocycles. The molecule has 1 aromatic carbocycles. The van der Waals surface area contributed by atoms with Crippen molar-refractivity contribution in [2.45, 2.75) is 57.8 Å². The van der Waals surface area contributed by atoms with Crippen LogP contribution in [0.3, 0.4) is 0 Å². The van der Waals surface area contributed by atoms with Gasteiger partial charge in [-0.05, 0) is 51.7 Å². The zero-order valence-electron chi connectivity index (χ0n) is 16.8. The number of nitrogens with zero attached hydrogens (tertiary/aromatic N) is 1. The number of hydrogen-bond acceptors (Lipinski definition) is 2. The van der Waals surface area contributed by atoms with Gasteiger partial charge in [-0.25, -0.2) is 9.18 Å². The lowest BCUT2D eigenvalue weighted by Crippen LogP contribution is -2.47. The van der Waals surface area contributed by atoms with Gasteiger partial charge >= 0.3 is 5.97 Å². The van der Waals surface area contributed by atoms with Crippen LogP contribution < -0.4 is 0 Å². The van der Waals surface area contributed by atoms with Gasteiger partial charge in [0.05, 0.1) is 6.04 Å². The number of para-hydroxylation sites is 1. The number of aromatic amines is 1.